The van der Waals surface area contributed by atoms with Crippen LogP contribution in [0.25, 0.3) is 21.3 Å². The number of anilines is 1. The molecule has 3 heterocycles. The zero-order valence-electron chi connectivity index (χ0n) is 17.1. The van der Waals surface area contributed by atoms with E-state index in [1.54, 1.807) is 0 Å². The number of aryl methyl sites for hydroxylation is 1. The quantitative estimate of drug-likeness (QED) is 0.657. The number of hydrogen-bond donors (Lipinski definition) is 2. The SMILES string of the molecule is Cc1ccc(-c2csc3c(=O)[nH]c(N4CCC[C@@H](C(=O)NCC5CC5)C4)nc23)cc1. The molecule has 1 aromatic carbocycles. The first-order valence-electron chi connectivity index (χ1n) is 10.7. The van der Waals surface area contributed by atoms with Crippen molar-refractivity contribution in [2.75, 3.05) is 24.5 Å². The fourth-order valence-electron chi connectivity index (χ4n) is 4.10. The first-order chi connectivity index (χ1) is 14.6. The largest absolute Gasteiger partial charge is 0.356 e. The average Bonchev–Trinajstić information content (AvgIpc) is 3.50. The number of thiophene rings is 1. The maximum Gasteiger partial charge on any atom is 0.270 e. The highest BCUT2D eigenvalue weighted by molar-refractivity contribution is 7.17. The number of rotatable bonds is 5. The van der Waals surface area contributed by atoms with Crippen molar-refractivity contribution in [2.45, 2.75) is 32.6 Å². The molecule has 1 atom stereocenters. The van der Waals surface area contributed by atoms with Gasteiger partial charge in [0, 0.05) is 30.6 Å². The number of amides is 1. The highest BCUT2D eigenvalue weighted by Gasteiger charge is 2.29. The second-order valence-corrected chi connectivity index (χ2v) is 9.44. The minimum Gasteiger partial charge on any atom is -0.356 e. The van der Waals surface area contributed by atoms with Crippen molar-refractivity contribution in [3.05, 3.63) is 45.6 Å². The number of fused-ring (bicyclic) bond motifs is 1. The maximum absolute atomic E-state index is 12.7. The Morgan fingerprint density at radius 1 is 1.27 bits per heavy atom. The van der Waals surface area contributed by atoms with Crippen LogP contribution in [0.15, 0.2) is 34.4 Å². The minimum absolute atomic E-state index is 0.0578. The van der Waals surface area contributed by atoms with Gasteiger partial charge >= 0.3 is 0 Å². The van der Waals surface area contributed by atoms with Gasteiger partial charge in [0.15, 0.2) is 0 Å². The van der Waals surface area contributed by atoms with Crippen LogP contribution >= 0.6 is 11.3 Å². The molecule has 30 heavy (non-hydrogen) atoms. The number of carbonyl (C=O) groups is 1. The number of nitrogens with one attached hydrogen (secondary N) is 2. The summed E-state index contributed by atoms with van der Waals surface area (Å²) in [4.78, 5) is 35.2. The molecule has 2 N–H and O–H groups in total. The predicted octanol–water partition coefficient (Wildman–Crippen LogP) is 3.70. The Bertz CT molecular complexity index is 1130. The lowest BCUT2D eigenvalue weighted by Crippen LogP contribution is -2.44. The molecule has 3 aromatic rings. The summed E-state index contributed by atoms with van der Waals surface area (Å²) in [5.74, 6) is 1.32. The number of aromatic nitrogens is 2. The van der Waals surface area contributed by atoms with Crippen LogP contribution in [0.1, 0.15) is 31.2 Å². The van der Waals surface area contributed by atoms with Crippen molar-refractivity contribution in [1.29, 1.82) is 0 Å². The third-order valence-corrected chi connectivity index (χ3v) is 7.10. The number of hydrogen-bond acceptors (Lipinski definition) is 5. The molecule has 1 aliphatic carbocycles. The van der Waals surface area contributed by atoms with E-state index < -0.39 is 0 Å². The summed E-state index contributed by atoms with van der Waals surface area (Å²) in [5.41, 5.74) is 3.87. The summed E-state index contributed by atoms with van der Waals surface area (Å²) in [6.45, 7) is 4.25. The van der Waals surface area contributed by atoms with E-state index >= 15 is 0 Å². The third kappa shape index (κ3) is 3.86. The highest BCUT2D eigenvalue weighted by atomic mass is 32.1. The predicted molar refractivity (Wildman–Crippen MR) is 121 cm³/mol. The van der Waals surface area contributed by atoms with Gasteiger partial charge in [0.1, 0.15) is 4.70 Å². The lowest BCUT2D eigenvalue weighted by atomic mass is 9.97. The summed E-state index contributed by atoms with van der Waals surface area (Å²) < 4.78 is 0.644. The molecule has 1 saturated carbocycles. The molecule has 1 saturated heterocycles. The Morgan fingerprint density at radius 2 is 2.07 bits per heavy atom. The average molecular weight is 423 g/mol. The smallest absolute Gasteiger partial charge is 0.270 e. The molecule has 0 bridgehead atoms. The van der Waals surface area contributed by atoms with Gasteiger partial charge in [-0.2, -0.15) is 0 Å². The summed E-state index contributed by atoms with van der Waals surface area (Å²) in [6, 6.07) is 8.28. The number of piperidine rings is 1. The summed E-state index contributed by atoms with van der Waals surface area (Å²) >= 11 is 1.43. The van der Waals surface area contributed by atoms with Gasteiger partial charge in [-0.1, -0.05) is 29.8 Å². The standard InChI is InChI=1S/C23H26N4O2S/c1-14-4-8-16(9-5-14)18-13-30-20-19(18)25-23(26-22(20)29)27-10-2-3-17(12-27)21(28)24-11-15-6-7-15/h4-5,8-9,13,15,17H,2-3,6-7,10-12H2,1H3,(H,24,28)(H,25,26,29)/t17-/m1/s1. The number of carbonyl (C=O) groups excluding carboxylic acids is 1. The van der Waals surface area contributed by atoms with Crippen molar-refractivity contribution in [3.63, 3.8) is 0 Å². The van der Waals surface area contributed by atoms with E-state index in [0.29, 0.717) is 23.1 Å². The second-order valence-electron chi connectivity index (χ2n) is 8.56. The molecule has 2 fully saturated rings. The van der Waals surface area contributed by atoms with Crippen molar-refractivity contribution >= 4 is 33.4 Å². The fraction of sp³-hybridized carbons (Fsp3) is 0.435. The highest BCUT2D eigenvalue weighted by Crippen LogP contribution is 2.32. The molecule has 1 amide bonds. The first kappa shape index (κ1) is 19.3. The van der Waals surface area contributed by atoms with Crippen LogP contribution in [0.2, 0.25) is 0 Å². The van der Waals surface area contributed by atoms with Crippen LogP contribution in [0, 0.1) is 18.8 Å². The topological polar surface area (TPSA) is 78.1 Å². The summed E-state index contributed by atoms with van der Waals surface area (Å²) in [5, 5.41) is 5.11. The molecular formula is C23H26N4O2S. The van der Waals surface area contributed by atoms with Crippen molar-refractivity contribution < 1.29 is 4.79 Å². The zero-order valence-corrected chi connectivity index (χ0v) is 17.9. The van der Waals surface area contributed by atoms with Gasteiger partial charge in [-0.15, -0.1) is 11.3 Å². The van der Waals surface area contributed by atoms with E-state index in [4.69, 9.17) is 4.98 Å². The normalized spacial score (nSPS) is 19.2. The van der Waals surface area contributed by atoms with Crippen LogP contribution in [0.3, 0.4) is 0 Å². The Morgan fingerprint density at radius 3 is 2.83 bits per heavy atom. The van der Waals surface area contributed by atoms with Crippen molar-refractivity contribution in [3.8, 4) is 11.1 Å². The Hall–Kier alpha value is -2.67. The molecule has 7 heteroatoms. The van der Waals surface area contributed by atoms with Crippen LogP contribution in [0.5, 0.6) is 0 Å². The van der Waals surface area contributed by atoms with Gasteiger partial charge in [0.25, 0.3) is 5.56 Å². The first-order valence-corrected chi connectivity index (χ1v) is 11.6. The molecule has 6 nitrogen and oxygen atoms in total. The van der Waals surface area contributed by atoms with E-state index in [2.05, 4.69) is 46.4 Å². The number of nitrogens with zero attached hydrogens (tertiary/aromatic N) is 2. The van der Waals surface area contributed by atoms with Crippen molar-refractivity contribution in [2.24, 2.45) is 11.8 Å². The zero-order chi connectivity index (χ0) is 20.7. The van der Waals surface area contributed by atoms with E-state index in [9.17, 15) is 9.59 Å². The van der Waals surface area contributed by atoms with E-state index in [1.807, 2.05) is 5.38 Å². The van der Waals surface area contributed by atoms with Crippen LogP contribution < -0.4 is 15.8 Å². The van der Waals surface area contributed by atoms with Crippen molar-refractivity contribution in [1.82, 2.24) is 15.3 Å². The molecule has 2 aliphatic rings. The number of aromatic amines is 1. The second kappa shape index (κ2) is 7.87. The van der Waals surface area contributed by atoms with Crippen LogP contribution in [0.4, 0.5) is 5.95 Å². The third-order valence-electron chi connectivity index (χ3n) is 6.13. The van der Waals surface area contributed by atoms with E-state index in [-0.39, 0.29) is 17.4 Å². The molecule has 1 aliphatic heterocycles. The Labute approximate surface area is 179 Å². The Kier molecular flexibility index (Phi) is 5.06. The molecule has 0 spiro atoms. The summed E-state index contributed by atoms with van der Waals surface area (Å²) in [6.07, 6.45) is 4.25. The number of benzene rings is 1. The van der Waals surface area contributed by atoms with Gasteiger partial charge < -0.3 is 10.2 Å². The molecule has 2 aromatic heterocycles. The molecule has 5 rings (SSSR count). The van der Waals surface area contributed by atoms with E-state index in [1.165, 1.54) is 29.7 Å². The molecular weight excluding hydrogens is 396 g/mol. The van der Waals surface area contributed by atoms with E-state index in [0.717, 1.165) is 42.6 Å². The lowest BCUT2D eigenvalue weighted by Gasteiger charge is -2.32. The van der Waals surface area contributed by atoms with Gasteiger partial charge in [0.05, 0.1) is 11.4 Å². The number of H-pyrrole nitrogens is 1. The van der Waals surface area contributed by atoms with Gasteiger partial charge in [-0.05, 0) is 44.1 Å². The molecule has 0 unspecified atom stereocenters. The minimum atomic E-state index is -0.112. The van der Waals surface area contributed by atoms with Gasteiger partial charge in [-0.3, -0.25) is 14.6 Å². The Balaban J connectivity index is 1.42. The van der Waals surface area contributed by atoms with Crippen LogP contribution in [-0.2, 0) is 4.79 Å². The summed E-state index contributed by atoms with van der Waals surface area (Å²) in [7, 11) is 0. The van der Waals surface area contributed by atoms with Gasteiger partial charge in [-0.25, -0.2) is 4.98 Å². The maximum atomic E-state index is 12.7. The molecule has 156 valence electrons. The fourth-order valence-corrected chi connectivity index (χ4v) is 5.01. The lowest BCUT2D eigenvalue weighted by molar-refractivity contribution is -0.125. The van der Waals surface area contributed by atoms with Crippen LogP contribution in [-0.4, -0.2) is 35.5 Å². The molecule has 0 radical (unpaired) electrons. The van der Waals surface area contributed by atoms with Gasteiger partial charge in [0.2, 0.25) is 11.9 Å². The monoisotopic (exact) mass is 422 g/mol.